The van der Waals surface area contributed by atoms with Crippen LogP contribution in [0, 0.1) is 0 Å². The molecule has 2 heterocycles. The number of nitrogens with zero attached hydrogens (tertiary/aromatic N) is 1. The molecule has 0 aliphatic carbocycles. The smallest absolute Gasteiger partial charge is 0.262 e. The van der Waals surface area contributed by atoms with Crippen molar-refractivity contribution in [1.82, 2.24) is 15.5 Å². The van der Waals surface area contributed by atoms with Crippen molar-refractivity contribution in [3.05, 3.63) is 33.8 Å². The highest BCUT2D eigenvalue weighted by atomic mass is 79.9. The second-order valence-corrected chi connectivity index (χ2v) is 6.76. The van der Waals surface area contributed by atoms with Gasteiger partial charge in [0.1, 0.15) is 12.1 Å². The molecule has 0 spiro atoms. The molecule has 24 heavy (non-hydrogen) atoms. The molecule has 0 bridgehead atoms. The van der Waals surface area contributed by atoms with Gasteiger partial charge in [-0.05, 0) is 38.0 Å². The summed E-state index contributed by atoms with van der Waals surface area (Å²) in [5.41, 5.74) is 0.544. The van der Waals surface area contributed by atoms with E-state index in [2.05, 4.69) is 26.6 Å². The molecule has 8 heteroatoms. The Kier molecular flexibility index (Phi) is 4.40. The molecule has 3 rings (SSSR count). The van der Waals surface area contributed by atoms with E-state index >= 15 is 0 Å². The summed E-state index contributed by atoms with van der Waals surface area (Å²) in [4.78, 5) is 50.0. The number of hydrogen-bond donors (Lipinski definition) is 2. The number of piperidine rings is 1. The van der Waals surface area contributed by atoms with E-state index in [1.165, 1.54) is 6.92 Å². The predicted molar refractivity (Wildman–Crippen MR) is 88.3 cm³/mol. The summed E-state index contributed by atoms with van der Waals surface area (Å²) >= 11 is 3.26. The molecule has 0 unspecified atom stereocenters. The van der Waals surface area contributed by atoms with Crippen molar-refractivity contribution in [3.63, 3.8) is 0 Å². The van der Waals surface area contributed by atoms with Gasteiger partial charge in [0.2, 0.25) is 11.8 Å². The lowest BCUT2D eigenvalue weighted by atomic mass is 10.1. The number of fused-ring (bicyclic) bond motifs is 1. The lowest BCUT2D eigenvalue weighted by Crippen LogP contribution is -2.55. The first-order valence-electron chi connectivity index (χ1n) is 7.65. The van der Waals surface area contributed by atoms with Gasteiger partial charge in [-0.25, -0.2) is 0 Å². The van der Waals surface area contributed by atoms with Crippen LogP contribution in [0.4, 0.5) is 0 Å². The first-order valence-corrected chi connectivity index (χ1v) is 8.45. The molecule has 0 radical (unpaired) electrons. The number of halogens is 1. The molecule has 0 aromatic heterocycles. The van der Waals surface area contributed by atoms with E-state index in [1.54, 1.807) is 18.2 Å². The molecule has 2 aliphatic rings. The Morgan fingerprint density at radius 3 is 2.71 bits per heavy atom. The average molecular weight is 394 g/mol. The lowest BCUT2D eigenvalue weighted by molar-refractivity contribution is -0.131. The molecular weight excluding hydrogens is 378 g/mol. The Hall–Kier alpha value is -2.22. The van der Waals surface area contributed by atoms with E-state index in [4.69, 9.17) is 0 Å². The monoisotopic (exact) mass is 393 g/mol. The molecule has 1 aromatic carbocycles. The third kappa shape index (κ3) is 2.82. The van der Waals surface area contributed by atoms with Crippen LogP contribution in [0.5, 0.6) is 0 Å². The third-order valence-electron chi connectivity index (χ3n) is 4.25. The number of rotatable bonds is 3. The maximum absolute atomic E-state index is 12.5. The highest BCUT2D eigenvalue weighted by Crippen LogP contribution is 2.27. The topological polar surface area (TPSA) is 95.6 Å². The van der Waals surface area contributed by atoms with Gasteiger partial charge in [-0.15, -0.1) is 0 Å². The summed E-state index contributed by atoms with van der Waals surface area (Å²) in [6, 6.07) is 3.17. The van der Waals surface area contributed by atoms with Crippen LogP contribution >= 0.6 is 15.9 Å². The fourth-order valence-corrected chi connectivity index (χ4v) is 3.26. The highest BCUT2D eigenvalue weighted by Gasteiger charge is 2.41. The van der Waals surface area contributed by atoms with Crippen LogP contribution in [0.2, 0.25) is 0 Å². The molecule has 1 aromatic rings. The Balaban J connectivity index is 1.76. The molecular formula is C16H16BrN3O4. The number of carbonyl (C=O) groups is 4. The van der Waals surface area contributed by atoms with Crippen LogP contribution in [-0.4, -0.2) is 47.2 Å². The number of hydrogen-bond acceptors (Lipinski definition) is 4. The first-order chi connectivity index (χ1) is 11.4. The zero-order valence-corrected chi connectivity index (χ0v) is 14.6. The van der Waals surface area contributed by atoms with Crippen molar-refractivity contribution in [2.45, 2.75) is 31.8 Å². The standard InChI is InChI=1S/C16H16BrN3O4/c1-8(13(21)19-12-3-2-6-18-14(12)22)20-15(23)10-5-4-9(17)7-11(10)16(20)24/h4-5,7-8,12H,2-3,6H2,1H3,(H,18,22)(H,19,21)/t8-,12+/m0/s1. The van der Waals surface area contributed by atoms with E-state index in [-0.39, 0.29) is 17.0 Å². The second-order valence-electron chi connectivity index (χ2n) is 5.84. The summed E-state index contributed by atoms with van der Waals surface area (Å²) in [6.45, 7) is 2.07. The Morgan fingerprint density at radius 1 is 1.29 bits per heavy atom. The number of carbonyl (C=O) groups excluding carboxylic acids is 4. The van der Waals surface area contributed by atoms with Gasteiger partial charge in [0.25, 0.3) is 11.8 Å². The molecule has 2 atom stereocenters. The third-order valence-corrected chi connectivity index (χ3v) is 4.74. The van der Waals surface area contributed by atoms with Crippen molar-refractivity contribution >= 4 is 39.6 Å². The Labute approximate surface area is 146 Å². The van der Waals surface area contributed by atoms with Gasteiger partial charge in [-0.3, -0.25) is 24.1 Å². The molecule has 4 amide bonds. The predicted octanol–water partition coefficient (Wildman–Crippen LogP) is 0.828. The van der Waals surface area contributed by atoms with Crippen LogP contribution in [-0.2, 0) is 9.59 Å². The van der Waals surface area contributed by atoms with Gasteiger partial charge in [-0.2, -0.15) is 0 Å². The fourth-order valence-electron chi connectivity index (χ4n) is 2.90. The summed E-state index contributed by atoms with van der Waals surface area (Å²) in [5.74, 6) is -1.77. The molecule has 1 saturated heterocycles. The van der Waals surface area contributed by atoms with Crippen LogP contribution in [0.15, 0.2) is 22.7 Å². The first kappa shape index (κ1) is 16.6. The summed E-state index contributed by atoms with van der Waals surface area (Å²) < 4.78 is 0.681. The van der Waals surface area contributed by atoms with Gasteiger partial charge < -0.3 is 10.6 Å². The zero-order chi connectivity index (χ0) is 17.4. The van der Waals surface area contributed by atoms with Crippen molar-refractivity contribution in [2.75, 3.05) is 6.54 Å². The van der Waals surface area contributed by atoms with Gasteiger partial charge in [0.05, 0.1) is 11.1 Å². The summed E-state index contributed by atoms with van der Waals surface area (Å²) in [5, 5.41) is 5.30. The van der Waals surface area contributed by atoms with Crippen LogP contribution < -0.4 is 10.6 Å². The molecule has 0 saturated carbocycles. The molecule has 1 fully saturated rings. The van der Waals surface area contributed by atoms with Gasteiger partial charge in [-0.1, -0.05) is 15.9 Å². The quantitative estimate of drug-likeness (QED) is 0.743. The Bertz CT molecular complexity index is 749. The molecule has 7 nitrogen and oxygen atoms in total. The highest BCUT2D eigenvalue weighted by molar-refractivity contribution is 9.10. The number of imide groups is 1. The fraction of sp³-hybridized carbons (Fsp3) is 0.375. The minimum atomic E-state index is -0.995. The average Bonchev–Trinajstić information content (AvgIpc) is 2.79. The summed E-state index contributed by atoms with van der Waals surface area (Å²) in [6.07, 6.45) is 1.31. The van der Waals surface area contributed by atoms with Gasteiger partial charge >= 0.3 is 0 Å². The SMILES string of the molecule is C[C@@H](C(=O)N[C@@H]1CCCNC1=O)N1C(=O)c2ccc(Br)cc2C1=O. The number of amides is 4. The lowest BCUT2D eigenvalue weighted by Gasteiger charge is -2.27. The second kappa shape index (κ2) is 6.35. The normalized spacial score (nSPS) is 21.3. The number of nitrogens with one attached hydrogen (secondary N) is 2. The van der Waals surface area contributed by atoms with Crippen molar-refractivity contribution in [2.24, 2.45) is 0 Å². The van der Waals surface area contributed by atoms with Gasteiger partial charge in [0, 0.05) is 11.0 Å². The van der Waals surface area contributed by atoms with Crippen molar-refractivity contribution < 1.29 is 19.2 Å². The zero-order valence-electron chi connectivity index (χ0n) is 13.0. The largest absolute Gasteiger partial charge is 0.354 e. The number of benzene rings is 1. The Morgan fingerprint density at radius 2 is 2.00 bits per heavy atom. The maximum Gasteiger partial charge on any atom is 0.262 e. The van der Waals surface area contributed by atoms with Gasteiger partial charge in [0.15, 0.2) is 0 Å². The minimum absolute atomic E-state index is 0.243. The molecule has 2 N–H and O–H groups in total. The van der Waals surface area contributed by atoms with E-state index in [1.807, 2.05) is 0 Å². The van der Waals surface area contributed by atoms with E-state index < -0.39 is 29.8 Å². The maximum atomic E-state index is 12.5. The molecule has 2 aliphatic heterocycles. The molecule has 126 valence electrons. The van der Waals surface area contributed by atoms with Crippen LogP contribution in [0.3, 0.4) is 0 Å². The summed E-state index contributed by atoms with van der Waals surface area (Å²) in [7, 11) is 0. The minimum Gasteiger partial charge on any atom is -0.354 e. The van der Waals surface area contributed by atoms with E-state index in [0.717, 1.165) is 11.3 Å². The van der Waals surface area contributed by atoms with Crippen LogP contribution in [0.25, 0.3) is 0 Å². The van der Waals surface area contributed by atoms with Crippen molar-refractivity contribution in [1.29, 1.82) is 0 Å². The van der Waals surface area contributed by atoms with E-state index in [9.17, 15) is 19.2 Å². The van der Waals surface area contributed by atoms with E-state index in [0.29, 0.717) is 17.4 Å². The van der Waals surface area contributed by atoms with Crippen LogP contribution in [0.1, 0.15) is 40.5 Å². The van der Waals surface area contributed by atoms with Crippen molar-refractivity contribution in [3.8, 4) is 0 Å².